The van der Waals surface area contributed by atoms with Crippen LogP contribution in [0.3, 0.4) is 0 Å². The van der Waals surface area contributed by atoms with Crippen molar-refractivity contribution in [2.45, 2.75) is 47.0 Å². The molecule has 0 spiro atoms. The third-order valence-corrected chi connectivity index (χ3v) is 6.00. The highest BCUT2D eigenvalue weighted by Crippen LogP contribution is 2.32. The van der Waals surface area contributed by atoms with E-state index in [0.717, 1.165) is 36.0 Å². The monoisotopic (exact) mass is 469 g/mol. The maximum Gasteiger partial charge on any atom is 0.262 e. The molecule has 4 aromatic rings. The number of fused-ring (bicyclic) bond motifs is 1. The summed E-state index contributed by atoms with van der Waals surface area (Å²) in [6.07, 6.45) is 3.30. The number of benzene rings is 3. The summed E-state index contributed by atoms with van der Waals surface area (Å²) >= 11 is 0. The average Bonchev–Trinajstić information content (AvgIpc) is 2.84. The second kappa shape index (κ2) is 10.6. The number of carbonyl (C=O) groups is 1. The van der Waals surface area contributed by atoms with Crippen LogP contribution in [0.15, 0.2) is 69.9 Å². The van der Waals surface area contributed by atoms with Gasteiger partial charge in [0.2, 0.25) is 11.2 Å². The second-order valence-corrected chi connectivity index (χ2v) is 9.05. The first-order valence-corrected chi connectivity index (χ1v) is 12.0. The van der Waals surface area contributed by atoms with E-state index in [0.29, 0.717) is 28.0 Å². The summed E-state index contributed by atoms with van der Waals surface area (Å²) in [7, 11) is 0. The number of amides is 1. The minimum Gasteiger partial charge on any atom is -0.476 e. The molecule has 0 aliphatic heterocycles. The fraction of sp³-hybridized carbons (Fsp3) is 0.267. The zero-order chi connectivity index (χ0) is 24.9. The predicted molar refractivity (Wildman–Crippen MR) is 141 cm³/mol. The van der Waals surface area contributed by atoms with Gasteiger partial charge in [0.25, 0.3) is 5.91 Å². The van der Waals surface area contributed by atoms with Crippen LogP contribution in [0.5, 0.6) is 5.75 Å². The van der Waals surface area contributed by atoms with Crippen molar-refractivity contribution in [3.63, 3.8) is 0 Å². The van der Waals surface area contributed by atoms with Gasteiger partial charge in [0.05, 0.1) is 5.39 Å². The summed E-state index contributed by atoms with van der Waals surface area (Å²) in [5.74, 6) is 0.0139. The Hall–Kier alpha value is -3.86. The summed E-state index contributed by atoms with van der Waals surface area (Å²) in [5, 5.41) is 3.28. The molecule has 1 heterocycles. The zero-order valence-electron chi connectivity index (χ0n) is 20.7. The van der Waals surface area contributed by atoms with Crippen LogP contribution in [-0.2, 0) is 11.2 Å². The van der Waals surface area contributed by atoms with Gasteiger partial charge in [-0.25, -0.2) is 0 Å². The van der Waals surface area contributed by atoms with Crippen molar-refractivity contribution in [1.29, 1.82) is 0 Å². The van der Waals surface area contributed by atoms with Gasteiger partial charge in [-0.1, -0.05) is 61.4 Å². The minimum atomic E-state index is -0.346. The van der Waals surface area contributed by atoms with E-state index in [2.05, 4.69) is 12.2 Å². The van der Waals surface area contributed by atoms with Crippen LogP contribution in [0.4, 0.5) is 5.69 Å². The van der Waals surface area contributed by atoms with E-state index in [-0.39, 0.29) is 23.7 Å². The van der Waals surface area contributed by atoms with E-state index in [1.165, 1.54) is 5.56 Å². The summed E-state index contributed by atoms with van der Waals surface area (Å²) < 4.78 is 12.1. The molecule has 1 N–H and O–H groups in total. The Labute approximate surface area is 205 Å². The van der Waals surface area contributed by atoms with E-state index in [1.807, 2.05) is 75.4 Å². The highest BCUT2D eigenvalue weighted by atomic mass is 16.5. The van der Waals surface area contributed by atoms with Crippen molar-refractivity contribution in [1.82, 2.24) is 0 Å². The summed E-state index contributed by atoms with van der Waals surface area (Å²) in [5.41, 5.74) is 5.79. The normalized spacial score (nSPS) is 11.0. The molecule has 0 bridgehead atoms. The molecule has 1 amide bonds. The fourth-order valence-corrected chi connectivity index (χ4v) is 4.13. The summed E-state index contributed by atoms with van der Waals surface area (Å²) in [4.78, 5) is 26.1. The SMILES string of the molecule is CCCCc1ccc(NC(=O)COc2c(-c3ccc(C)cc3)oc3c(C)cc(C)cc3c2=O)cc1. The quantitative estimate of drug-likeness (QED) is 0.310. The molecule has 0 aliphatic rings. The smallest absolute Gasteiger partial charge is 0.262 e. The van der Waals surface area contributed by atoms with Crippen LogP contribution in [0.2, 0.25) is 0 Å². The van der Waals surface area contributed by atoms with Gasteiger partial charge in [0.15, 0.2) is 12.4 Å². The topological polar surface area (TPSA) is 68.5 Å². The highest BCUT2D eigenvalue weighted by molar-refractivity contribution is 5.92. The minimum absolute atomic E-state index is 0.0383. The van der Waals surface area contributed by atoms with E-state index in [9.17, 15) is 9.59 Å². The molecule has 1 aromatic heterocycles. The van der Waals surface area contributed by atoms with Gasteiger partial charge >= 0.3 is 0 Å². The van der Waals surface area contributed by atoms with Crippen molar-refractivity contribution in [3.05, 3.63) is 93.1 Å². The number of unbranched alkanes of at least 4 members (excludes halogenated alkanes) is 1. The Morgan fingerprint density at radius 1 is 0.943 bits per heavy atom. The van der Waals surface area contributed by atoms with Gasteiger partial charge in [-0.15, -0.1) is 0 Å². The Bertz CT molecular complexity index is 1400. The lowest BCUT2D eigenvalue weighted by molar-refractivity contribution is -0.118. The maximum absolute atomic E-state index is 13.5. The first-order valence-electron chi connectivity index (χ1n) is 12.0. The molecule has 0 saturated heterocycles. The van der Waals surface area contributed by atoms with E-state index >= 15 is 0 Å². The number of carbonyl (C=O) groups excluding carboxylic acids is 1. The molecule has 0 saturated carbocycles. The largest absolute Gasteiger partial charge is 0.476 e. The van der Waals surface area contributed by atoms with Gasteiger partial charge in [-0.2, -0.15) is 0 Å². The number of hydrogen-bond donors (Lipinski definition) is 1. The molecule has 5 heteroatoms. The first kappa shape index (κ1) is 24.3. The predicted octanol–water partition coefficient (Wildman–Crippen LogP) is 6.75. The van der Waals surface area contributed by atoms with Crippen molar-refractivity contribution < 1.29 is 13.9 Å². The van der Waals surface area contributed by atoms with Gasteiger partial charge in [-0.3, -0.25) is 9.59 Å². The molecule has 3 aromatic carbocycles. The highest BCUT2D eigenvalue weighted by Gasteiger charge is 2.20. The van der Waals surface area contributed by atoms with E-state index in [4.69, 9.17) is 9.15 Å². The molecule has 0 unspecified atom stereocenters. The number of aryl methyl sites for hydroxylation is 4. The molecule has 35 heavy (non-hydrogen) atoms. The number of ether oxygens (including phenoxy) is 1. The van der Waals surface area contributed by atoms with Crippen molar-refractivity contribution in [3.8, 4) is 17.1 Å². The third-order valence-electron chi connectivity index (χ3n) is 6.00. The number of rotatable bonds is 8. The second-order valence-electron chi connectivity index (χ2n) is 9.05. The zero-order valence-corrected chi connectivity index (χ0v) is 20.7. The van der Waals surface area contributed by atoms with Crippen LogP contribution < -0.4 is 15.5 Å². The summed E-state index contributed by atoms with van der Waals surface area (Å²) in [6.45, 7) is 7.69. The molecule has 4 rings (SSSR count). The van der Waals surface area contributed by atoms with Crippen LogP contribution in [-0.4, -0.2) is 12.5 Å². The van der Waals surface area contributed by atoms with Gasteiger partial charge in [-0.05, 0) is 68.5 Å². The molecular formula is C30H31NO4. The van der Waals surface area contributed by atoms with Crippen LogP contribution in [0.1, 0.15) is 42.0 Å². The Morgan fingerprint density at radius 2 is 1.66 bits per heavy atom. The van der Waals surface area contributed by atoms with Gasteiger partial charge < -0.3 is 14.5 Å². The Balaban J connectivity index is 1.61. The molecular weight excluding hydrogens is 438 g/mol. The Kier molecular flexibility index (Phi) is 7.35. The lowest BCUT2D eigenvalue weighted by Gasteiger charge is -2.13. The Morgan fingerprint density at radius 3 is 2.34 bits per heavy atom. The molecule has 0 fully saturated rings. The van der Waals surface area contributed by atoms with E-state index in [1.54, 1.807) is 6.07 Å². The molecule has 5 nitrogen and oxygen atoms in total. The number of nitrogens with one attached hydrogen (secondary N) is 1. The van der Waals surface area contributed by atoms with Crippen molar-refractivity contribution in [2.75, 3.05) is 11.9 Å². The van der Waals surface area contributed by atoms with Crippen molar-refractivity contribution in [2.24, 2.45) is 0 Å². The van der Waals surface area contributed by atoms with Crippen molar-refractivity contribution >= 4 is 22.6 Å². The lowest BCUT2D eigenvalue weighted by atomic mass is 10.0. The summed E-state index contributed by atoms with van der Waals surface area (Å²) in [6, 6.07) is 19.2. The maximum atomic E-state index is 13.5. The number of hydrogen-bond acceptors (Lipinski definition) is 4. The van der Waals surface area contributed by atoms with Gasteiger partial charge in [0.1, 0.15) is 5.58 Å². The molecule has 0 aliphatic carbocycles. The van der Waals surface area contributed by atoms with Crippen LogP contribution in [0.25, 0.3) is 22.3 Å². The van der Waals surface area contributed by atoms with E-state index < -0.39 is 0 Å². The standard InChI is InChI=1S/C30H31NO4/c1-5-6-7-22-10-14-24(15-11-22)31-26(32)18-34-30-27(33)25-17-20(3)16-21(4)28(25)35-29(30)23-12-8-19(2)9-13-23/h8-17H,5-7,18H2,1-4H3,(H,31,32). The lowest BCUT2D eigenvalue weighted by Crippen LogP contribution is -2.22. The molecule has 180 valence electrons. The van der Waals surface area contributed by atoms with Gasteiger partial charge in [0, 0.05) is 11.3 Å². The first-order chi connectivity index (χ1) is 16.9. The third kappa shape index (κ3) is 5.62. The molecule has 0 atom stereocenters. The number of anilines is 1. The molecule has 0 radical (unpaired) electrons. The van der Waals surface area contributed by atoms with Crippen LogP contribution in [0, 0.1) is 20.8 Å². The van der Waals surface area contributed by atoms with Crippen LogP contribution >= 0.6 is 0 Å². The average molecular weight is 470 g/mol. The fourth-order valence-electron chi connectivity index (χ4n) is 4.13.